The van der Waals surface area contributed by atoms with Gasteiger partial charge in [0.25, 0.3) is 6.71 Å². The molecule has 0 spiro atoms. The summed E-state index contributed by atoms with van der Waals surface area (Å²) in [6, 6.07) is 78.1. The van der Waals surface area contributed by atoms with Crippen molar-refractivity contribution in [1.82, 2.24) is 4.57 Å². The van der Waals surface area contributed by atoms with Crippen molar-refractivity contribution in [1.29, 1.82) is 0 Å². The second-order valence-electron chi connectivity index (χ2n) is 28.2. The number of allylic oxidation sites excluding steroid dienone is 12. The Morgan fingerprint density at radius 2 is 0.965 bits per heavy atom. The van der Waals surface area contributed by atoms with E-state index in [1.165, 1.54) is 122 Å². The Morgan fingerprint density at radius 1 is 0.419 bits per heavy atom. The number of hydrogen-bond acceptors (Lipinski definition) is 2. The highest BCUT2D eigenvalue weighted by Crippen LogP contribution is 2.57. The molecule has 0 radical (unpaired) electrons. The third-order valence-electron chi connectivity index (χ3n) is 19.8. The van der Waals surface area contributed by atoms with E-state index in [0.29, 0.717) is 17.8 Å². The maximum absolute atomic E-state index is 2.63. The number of benzene rings is 9. The average Bonchev–Trinajstić information content (AvgIpc) is 0.801. The lowest BCUT2D eigenvalue weighted by molar-refractivity contribution is 0.328. The maximum Gasteiger partial charge on any atom is 0.252 e. The van der Waals surface area contributed by atoms with Gasteiger partial charge in [0, 0.05) is 62.4 Å². The molecule has 0 saturated carbocycles. The Hall–Kier alpha value is -9.12. The van der Waals surface area contributed by atoms with Gasteiger partial charge in [-0.05, 0) is 173 Å². The van der Waals surface area contributed by atoms with E-state index in [9.17, 15) is 0 Å². The average molecular weight is 1110 g/mol. The molecule has 6 aliphatic rings. The predicted molar refractivity (Wildman–Crippen MR) is 367 cm³/mol. The highest BCUT2D eigenvalue weighted by atomic mass is 15.2. The van der Waals surface area contributed by atoms with E-state index in [1.807, 2.05) is 0 Å². The van der Waals surface area contributed by atoms with Gasteiger partial charge in [-0.25, -0.2) is 0 Å². The van der Waals surface area contributed by atoms with Crippen LogP contribution in [0.5, 0.6) is 0 Å². The van der Waals surface area contributed by atoms with Gasteiger partial charge in [-0.15, -0.1) is 0 Å². The number of anilines is 6. The molecule has 3 unspecified atom stereocenters. The predicted octanol–water partition coefficient (Wildman–Crippen LogP) is 19.9. The van der Waals surface area contributed by atoms with Crippen LogP contribution in [0, 0.1) is 28.6 Å². The van der Waals surface area contributed by atoms with Gasteiger partial charge in [-0.2, -0.15) is 0 Å². The fourth-order valence-corrected chi connectivity index (χ4v) is 15.3. The van der Waals surface area contributed by atoms with Crippen molar-refractivity contribution in [2.45, 2.75) is 74.1 Å². The van der Waals surface area contributed by atoms with Gasteiger partial charge in [-0.3, -0.25) is 0 Å². The van der Waals surface area contributed by atoms with Crippen molar-refractivity contribution in [2.24, 2.45) is 28.6 Å². The molecule has 1 aromatic heterocycles. The highest BCUT2D eigenvalue weighted by molar-refractivity contribution is 7.00. The van der Waals surface area contributed by atoms with Gasteiger partial charge in [0.1, 0.15) is 0 Å². The lowest BCUT2D eigenvalue weighted by Gasteiger charge is -2.48. The van der Waals surface area contributed by atoms with Crippen LogP contribution in [0.4, 0.5) is 34.1 Å². The summed E-state index contributed by atoms with van der Waals surface area (Å²) in [4.78, 5) is 5.21. The Balaban J connectivity index is 0.985. The maximum atomic E-state index is 2.63. The molecule has 3 atom stereocenters. The van der Waals surface area contributed by atoms with Crippen LogP contribution in [0.2, 0.25) is 0 Å². The standard InChI is InChI=1S/C82H72BN3/c1-80(2,3)59-42-56-28-29-57-43-60(81(4,5)6)47-68-67(45-58(44-59)77(56)78(57)68)55-34-41-73-70(46-55)83-69-40-39-64(86-71-26-18-16-24-65(71)66-25-17-19-27-72(66)86)50-74(69)85(63-37-32-54(33-38-63)52-22-14-11-15-23-52)76-49-61(82(7,8)9)48-75(79(76)83)84(73)62-35-30-53(31-36-62)51-20-12-10-13-21-51/h10-41,43-50,56,77-78H,42H2,1-9H3. The van der Waals surface area contributed by atoms with E-state index in [1.54, 1.807) is 5.57 Å². The molecular formula is C82H72BN3. The summed E-state index contributed by atoms with van der Waals surface area (Å²) in [7, 11) is 0. The van der Waals surface area contributed by atoms with Crippen LogP contribution in [0.3, 0.4) is 0 Å². The van der Waals surface area contributed by atoms with Gasteiger partial charge in [0.15, 0.2) is 0 Å². The molecule has 86 heavy (non-hydrogen) atoms. The Bertz CT molecular complexity index is 4600. The molecule has 16 rings (SSSR count). The molecule has 4 aliphatic carbocycles. The van der Waals surface area contributed by atoms with Crippen LogP contribution in [0.1, 0.15) is 79.9 Å². The molecule has 10 aromatic rings. The molecule has 0 bridgehead atoms. The summed E-state index contributed by atoms with van der Waals surface area (Å²) in [6.07, 6.45) is 16.5. The third kappa shape index (κ3) is 8.30. The second-order valence-corrected chi connectivity index (χ2v) is 28.2. The first-order valence-electron chi connectivity index (χ1n) is 31.2. The monoisotopic (exact) mass is 1110 g/mol. The van der Waals surface area contributed by atoms with Crippen LogP contribution < -0.4 is 26.2 Å². The first-order chi connectivity index (χ1) is 41.5. The Kier molecular flexibility index (Phi) is 11.7. The Labute approximate surface area is 508 Å². The Morgan fingerprint density at radius 3 is 1.55 bits per heavy atom. The van der Waals surface area contributed by atoms with Crippen LogP contribution in [0.15, 0.2) is 271 Å². The van der Waals surface area contributed by atoms with Crippen molar-refractivity contribution in [3.05, 3.63) is 282 Å². The number of para-hydroxylation sites is 2. The van der Waals surface area contributed by atoms with Crippen molar-refractivity contribution >= 4 is 84.6 Å². The molecule has 9 aromatic carbocycles. The van der Waals surface area contributed by atoms with Crippen LogP contribution in [-0.2, 0) is 5.41 Å². The number of rotatable bonds is 6. The van der Waals surface area contributed by atoms with E-state index < -0.39 is 0 Å². The van der Waals surface area contributed by atoms with Crippen LogP contribution in [-0.4, -0.2) is 11.3 Å². The number of aromatic nitrogens is 1. The fourth-order valence-electron chi connectivity index (χ4n) is 15.3. The molecule has 4 heteroatoms. The third-order valence-corrected chi connectivity index (χ3v) is 19.8. The summed E-state index contributed by atoms with van der Waals surface area (Å²) < 4.78 is 2.49. The SMILES string of the molecule is CC(C)(C)C1=CC2=C(c3ccc4c(c3)B3c5ccc(-n6c7ccccc7c7ccccc76)cc5N(c5ccc(-c6ccccc6)cc5)c5cc(C(C)(C)C)cc(c53)N4c3ccc(-c4ccccc4)cc3)C=C3C=C(C(C)(C)C)CC4C=CC(=C1)C2C34. The fraction of sp³-hybridized carbons (Fsp3) is 0.195. The minimum atomic E-state index is -0.178. The molecule has 2 aliphatic heterocycles. The van der Waals surface area contributed by atoms with Crippen molar-refractivity contribution in [3.63, 3.8) is 0 Å². The molecule has 3 nitrogen and oxygen atoms in total. The minimum absolute atomic E-state index is 0.0211. The molecule has 0 amide bonds. The summed E-state index contributed by atoms with van der Waals surface area (Å²) in [5.74, 6) is 1.17. The van der Waals surface area contributed by atoms with E-state index in [2.05, 4.69) is 319 Å². The molecule has 0 N–H and O–H groups in total. The van der Waals surface area contributed by atoms with E-state index in [0.717, 1.165) is 23.5 Å². The first kappa shape index (κ1) is 52.4. The van der Waals surface area contributed by atoms with E-state index in [-0.39, 0.29) is 23.0 Å². The van der Waals surface area contributed by atoms with Gasteiger partial charge in [0.2, 0.25) is 0 Å². The number of nitrogens with zero attached hydrogens (tertiary/aromatic N) is 3. The quantitative estimate of drug-likeness (QED) is 0.154. The molecule has 418 valence electrons. The van der Waals surface area contributed by atoms with Crippen LogP contribution >= 0.6 is 0 Å². The normalized spacial score (nSPS) is 18.5. The van der Waals surface area contributed by atoms with Crippen molar-refractivity contribution < 1.29 is 0 Å². The zero-order valence-corrected chi connectivity index (χ0v) is 51.0. The molecule has 0 fully saturated rings. The molecular weight excluding hydrogens is 1040 g/mol. The van der Waals surface area contributed by atoms with Gasteiger partial charge >= 0.3 is 0 Å². The van der Waals surface area contributed by atoms with Gasteiger partial charge in [0.05, 0.1) is 11.0 Å². The molecule has 3 heterocycles. The number of hydrogen-bond donors (Lipinski definition) is 0. The highest BCUT2D eigenvalue weighted by Gasteiger charge is 2.47. The first-order valence-corrected chi connectivity index (χ1v) is 31.2. The lowest BCUT2D eigenvalue weighted by Crippen LogP contribution is -2.61. The zero-order valence-electron chi connectivity index (χ0n) is 51.0. The number of fused-ring (bicyclic) bond motifs is 7. The van der Waals surface area contributed by atoms with E-state index >= 15 is 0 Å². The zero-order chi connectivity index (χ0) is 58.5. The van der Waals surface area contributed by atoms with Crippen LogP contribution in [0.25, 0.3) is 55.3 Å². The lowest BCUT2D eigenvalue weighted by atomic mass is 9.33. The minimum Gasteiger partial charge on any atom is -0.311 e. The topological polar surface area (TPSA) is 11.4 Å². The van der Waals surface area contributed by atoms with E-state index in [4.69, 9.17) is 0 Å². The van der Waals surface area contributed by atoms with Crippen molar-refractivity contribution in [3.8, 4) is 27.9 Å². The van der Waals surface area contributed by atoms with Gasteiger partial charge < -0.3 is 14.4 Å². The summed E-state index contributed by atoms with van der Waals surface area (Å²) in [5, 5.41) is 2.51. The van der Waals surface area contributed by atoms with Gasteiger partial charge in [-0.1, -0.05) is 244 Å². The summed E-state index contributed by atoms with van der Waals surface area (Å²) in [6.45, 7) is 21.3. The second kappa shape index (κ2) is 19.2. The smallest absolute Gasteiger partial charge is 0.252 e. The molecule has 0 saturated heterocycles. The largest absolute Gasteiger partial charge is 0.311 e. The summed E-state index contributed by atoms with van der Waals surface area (Å²) >= 11 is 0. The van der Waals surface area contributed by atoms with Crippen molar-refractivity contribution in [2.75, 3.05) is 9.80 Å². The summed E-state index contributed by atoms with van der Waals surface area (Å²) in [5.41, 5.74) is 30.5.